The number of benzene rings is 2. The molecule has 8 nitrogen and oxygen atoms in total. The first kappa shape index (κ1) is 18.7. The number of imidazole rings is 1. The number of aromatic nitrogens is 3. The van der Waals surface area contributed by atoms with Gasteiger partial charge in [0.1, 0.15) is 11.4 Å². The molecule has 0 spiro atoms. The Hall–Kier alpha value is -3.36. The molecule has 0 radical (unpaired) electrons. The van der Waals surface area contributed by atoms with Gasteiger partial charge in [0.05, 0.1) is 28.8 Å². The molecule has 1 saturated heterocycles. The van der Waals surface area contributed by atoms with Crippen molar-refractivity contribution in [3.05, 3.63) is 52.8 Å². The standard InChI is InChI=1S/C22H24N6O2/c1-30-11-14-8-13(10-24-14)25-12-6-7-17-18(9-12)27-21(26-17)19-20(23)15-4-2-3-5-16(15)28-22(19)29/h2-7,9,13-14,24-25H,8,10-11H2,1H3,(H,26,27)(H3,23,28,29). The van der Waals surface area contributed by atoms with E-state index in [1.54, 1.807) is 7.11 Å². The van der Waals surface area contributed by atoms with E-state index in [-0.39, 0.29) is 5.56 Å². The van der Waals surface area contributed by atoms with E-state index < -0.39 is 0 Å². The molecule has 1 aliphatic rings. The second kappa shape index (κ2) is 7.47. The molecule has 6 N–H and O–H groups in total. The number of anilines is 2. The van der Waals surface area contributed by atoms with Crippen LogP contribution in [0, 0.1) is 0 Å². The van der Waals surface area contributed by atoms with Gasteiger partial charge in [-0.2, -0.15) is 0 Å². The molecule has 3 heterocycles. The highest BCUT2D eigenvalue weighted by Gasteiger charge is 2.24. The summed E-state index contributed by atoms with van der Waals surface area (Å²) in [6.45, 7) is 1.60. The van der Waals surface area contributed by atoms with Gasteiger partial charge in [-0.3, -0.25) is 4.79 Å². The highest BCUT2D eigenvalue weighted by atomic mass is 16.5. The second-order valence-electron chi connectivity index (χ2n) is 7.74. The third kappa shape index (κ3) is 3.30. The molecule has 1 aliphatic heterocycles. The molecule has 2 unspecified atom stereocenters. The van der Waals surface area contributed by atoms with E-state index in [2.05, 4.69) is 25.6 Å². The Morgan fingerprint density at radius 3 is 2.93 bits per heavy atom. The van der Waals surface area contributed by atoms with Crippen LogP contribution in [0.15, 0.2) is 47.3 Å². The summed E-state index contributed by atoms with van der Waals surface area (Å²) < 4.78 is 5.23. The molecule has 2 aromatic heterocycles. The van der Waals surface area contributed by atoms with Crippen molar-refractivity contribution in [2.24, 2.45) is 0 Å². The number of ether oxygens (including phenoxy) is 1. The number of hydrogen-bond acceptors (Lipinski definition) is 6. The fourth-order valence-corrected chi connectivity index (χ4v) is 4.21. The number of rotatable bonds is 5. The summed E-state index contributed by atoms with van der Waals surface area (Å²) in [4.78, 5) is 23.5. The monoisotopic (exact) mass is 404 g/mol. The summed E-state index contributed by atoms with van der Waals surface area (Å²) in [5.41, 5.74) is 10.2. The Morgan fingerprint density at radius 1 is 1.20 bits per heavy atom. The van der Waals surface area contributed by atoms with E-state index in [4.69, 9.17) is 10.5 Å². The lowest BCUT2D eigenvalue weighted by molar-refractivity contribution is 0.173. The molecule has 1 fully saturated rings. The predicted molar refractivity (Wildman–Crippen MR) is 120 cm³/mol. The van der Waals surface area contributed by atoms with Crippen molar-refractivity contribution < 1.29 is 4.74 Å². The normalized spacial score (nSPS) is 19.0. The SMILES string of the molecule is COCC1CC(Nc2ccc3nc(-c4c(N)c5ccccc5[nH]c4=O)[nH]c3c2)CN1. The lowest BCUT2D eigenvalue weighted by atomic mass is 10.1. The van der Waals surface area contributed by atoms with Gasteiger partial charge in [0, 0.05) is 36.8 Å². The molecular weight excluding hydrogens is 380 g/mol. The van der Waals surface area contributed by atoms with Crippen LogP contribution in [0.4, 0.5) is 11.4 Å². The van der Waals surface area contributed by atoms with Gasteiger partial charge in [-0.1, -0.05) is 18.2 Å². The van der Waals surface area contributed by atoms with Crippen molar-refractivity contribution in [2.75, 3.05) is 31.3 Å². The van der Waals surface area contributed by atoms with E-state index >= 15 is 0 Å². The van der Waals surface area contributed by atoms with Crippen LogP contribution in [0.2, 0.25) is 0 Å². The van der Waals surface area contributed by atoms with Gasteiger partial charge in [0.2, 0.25) is 0 Å². The van der Waals surface area contributed by atoms with Gasteiger partial charge >= 0.3 is 0 Å². The molecule has 154 valence electrons. The molecule has 30 heavy (non-hydrogen) atoms. The van der Waals surface area contributed by atoms with Gasteiger partial charge in [0.15, 0.2) is 0 Å². The Labute approximate surface area is 172 Å². The second-order valence-corrected chi connectivity index (χ2v) is 7.74. The first-order valence-corrected chi connectivity index (χ1v) is 10.0. The summed E-state index contributed by atoms with van der Waals surface area (Å²) in [5.74, 6) is 0.467. The quantitative estimate of drug-likeness (QED) is 0.348. The number of nitrogens with two attached hydrogens (primary N) is 1. The summed E-state index contributed by atoms with van der Waals surface area (Å²) in [6.07, 6.45) is 1.00. The highest BCUT2D eigenvalue weighted by Crippen LogP contribution is 2.29. The number of nitrogens with zero attached hydrogens (tertiary/aromatic N) is 1. The Kier molecular flexibility index (Phi) is 4.65. The van der Waals surface area contributed by atoms with Gasteiger partial charge in [-0.15, -0.1) is 0 Å². The Bertz CT molecular complexity index is 1280. The largest absolute Gasteiger partial charge is 0.397 e. The fourth-order valence-electron chi connectivity index (χ4n) is 4.21. The number of pyridine rings is 1. The molecule has 2 atom stereocenters. The summed E-state index contributed by atoms with van der Waals surface area (Å²) in [6, 6.07) is 14.2. The van der Waals surface area contributed by atoms with Crippen LogP contribution in [0.1, 0.15) is 6.42 Å². The minimum absolute atomic E-state index is 0.259. The van der Waals surface area contributed by atoms with Crippen molar-refractivity contribution in [2.45, 2.75) is 18.5 Å². The predicted octanol–water partition coefficient (Wildman–Crippen LogP) is 2.44. The van der Waals surface area contributed by atoms with Crippen LogP contribution in [0.25, 0.3) is 33.3 Å². The zero-order chi connectivity index (χ0) is 20.7. The van der Waals surface area contributed by atoms with Crippen LogP contribution in [0.5, 0.6) is 0 Å². The van der Waals surface area contributed by atoms with Crippen LogP contribution in [0.3, 0.4) is 0 Å². The maximum atomic E-state index is 12.7. The number of aromatic amines is 2. The highest BCUT2D eigenvalue weighted by molar-refractivity contribution is 5.97. The van der Waals surface area contributed by atoms with Crippen LogP contribution >= 0.6 is 0 Å². The lowest BCUT2D eigenvalue weighted by Gasteiger charge is -2.13. The summed E-state index contributed by atoms with van der Waals surface area (Å²) in [5, 5.41) is 7.82. The van der Waals surface area contributed by atoms with Gasteiger partial charge in [0.25, 0.3) is 5.56 Å². The zero-order valence-corrected chi connectivity index (χ0v) is 16.7. The Balaban J connectivity index is 1.46. The van der Waals surface area contributed by atoms with E-state index in [0.717, 1.165) is 35.1 Å². The van der Waals surface area contributed by atoms with E-state index in [9.17, 15) is 4.79 Å². The first-order chi connectivity index (χ1) is 14.6. The third-order valence-corrected chi connectivity index (χ3v) is 5.64. The lowest BCUT2D eigenvalue weighted by Crippen LogP contribution is -2.26. The van der Waals surface area contributed by atoms with Crippen molar-refractivity contribution in [3.63, 3.8) is 0 Å². The molecule has 0 amide bonds. The molecule has 5 rings (SSSR count). The van der Waals surface area contributed by atoms with E-state index in [0.29, 0.717) is 41.3 Å². The van der Waals surface area contributed by atoms with Crippen LogP contribution in [-0.2, 0) is 4.74 Å². The molecule has 0 saturated carbocycles. The molecule has 8 heteroatoms. The minimum atomic E-state index is -0.259. The van der Waals surface area contributed by atoms with E-state index in [1.807, 2.05) is 42.5 Å². The van der Waals surface area contributed by atoms with Crippen molar-refractivity contribution in [3.8, 4) is 11.4 Å². The Morgan fingerprint density at radius 2 is 2.07 bits per heavy atom. The topological polar surface area (TPSA) is 121 Å². The average molecular weight is 404 g/mol. The molecule has 0 aliphatic carbocycles. The number of methoxy groups -OCH3 is 1. The molecule has 4 aromatic rings. The maximum Gasteiger partial charge on any atom is 0.261 e. The summed E-state index contributed by atoms with van der Waals surface area (Å²) >= 11 is 0. The van der Waals surface area contributed by atoms with Crippen LogP contribution in [-0.4, -0.2) is 47.3 Å². The fraction of sp³-hybridized carbons (Fsp3) is 0.273. The molecule has 0 bridgehead atoms. The van der Waals surface area contributed by atoms with Crippen LogP contribution < -0.4 is 21.9 Å². The van der Waals surface area contributed by atoms with Crippen molar-refractivity contribution in [1.82, 2.24) is 20.3 Å². The minimum Gasteiger partial charge on any atom is -0.397 e. The molecule has 2 aromatic carbocycles. The van der Waals surface area contributed by atoms with Gasteiger partial charge in [-0.25, -0.2) is 4.98 Å². The smallest absolute Gasteiger partial charge is 0.261 e. The summed E-state index contributed by atoms with van der Waals surface area (Å²) in [7, 11) is 1.72. The number of nitrogen functional groups attached to an aromatic ring is 1. The maximum absolute atomic E-state index is 12.7. The van der Waals surface area contributed by atoms with E-state index in [1.165, 1.54) is 0 Å². The number of hydrogen-bond donors (Lipinski definition) is 5. The molecular formula is C22H24N6O2. The number of H-pyrrole nitrogens is 2. The number of fused-ring (bicyclic) bond motifs is 2. The van der Waals surface area contributed by atoms with Gasteiger partial charge < -0.3 is 31.1 Å². The van der Waals surface area contributed by atoms with Gasteiger partial charge in [-0.05, 0) is 30.7 Å². The number of nitrogens with one attached hydrogen (secondary N) is 4. The number of para-hydroxylation sites is 1. The third-order valence-electron chi connectivity index (χ3n) is 5.64. The first-order valence-electron chi connectivity index (χ1n) is 10.0. The zero-order valence-electron chi connectivity index (χ0n) is 16.7. The van der Waals surface area contributed by atoms with Crippen molar-refractivity contribution >= 4 is 33.3 Å². The van der Waals surface area contributed by atoms with Crippen molar-refractivity contribution in [1.29, 1.82) is 0 Å². The average Bonchev–Trinajstić information content (AvgIpc) is 3.34.